The number of aromatic nitrogens is 2. The first kappa shape index (κ1) is 20.6. The van der Waals surface area contributed by atoms with Gasteiger partial charge >= 0.3 is 0 Å². The van der Waals surface area contributed by atoms with Crippen LogP contribution in [0.4, 0.5) is 5.82 Å². The molecular formula is C22H22ClN3O3. The van der Waals surface area contributed by atoms with Gasteiger partial charge in [0, 0.05) is 25.6 Å². The van der Waals surface area contributed by atoms with Crippen molar-refractivity contribution in [2.24, 2.45) is 0 Å². The number of benzene rings is 2. The van der Waals surface area contributed by atoms with Crippen LogP contribution in [0.1, 0.15) is 16.8 Å². The molecule has 0 saturated heterocycles. The third-order valence-corrected chi connectivity index (χ3v) is 4.97. The number of halogens is 1. The van der Waals surface area contributed by atoms with Gasteiger partial charge in [0.15, 0.2) is 0 Å². The second kappa shape index (κ2) is 9.39. The number of anilines is 1. The van der Waals surface area contributed by atoms with Gasteiger partial charge in [0.2, 0.25) is 5.91 Å². The van der Waals surface area contributed by atoms with Crippen LogP contribution in [0.25, 0.3) is 0 Å². The lowest BCUT2D eigenvalue weighted by molar-refractivity contribution is -0.117. The van der Waals surface area contributed by atoms with Gasteiger partial charge in [-0.3, -0.25) is 9.69 Å². The summed E-state index contributed by atoms with van der Waals surface area (Å²) in [6.45, 7) is 0. The molecule has 0 fully saturated rings. The molecule has 0 saturated carbocycles. The highest BCUT2D eigenvalue weighted by molar-refractivity contribution is 6.33. The highest BCUT2D eigenvalue weighted by Crippen LogP contribution is 2.33. The summed E-state index contributed by atoms with van der Waals surface area (Å²) < 4.78 is 10.5. The Hall–Kier alpha value is -3.12. The Balaban J connectivity index is 1.78. The lowest BCUT2D eigenvalue weighted by atomic mass is 10.1. The molecule has 0 aliphatic rings. The summed E-state index contributed by atoms with van der Waals surface area (Å²) in [6.07, 6.45) is 2.22. The van der Waals surface area contributed by atoms with E-state index in [-0.39, 0.29) is 12.3 Å². The van der Waals surface area contributed by atoms with Crippen molar-refractivity contribution in [3.05, 3.63) is 76.7 Å². The molecule has 1 aromatic heterocycles. The summed E-state index contributed by atoms with van der Waals surface area (Å²) in [5.74, 6) is 1.40. The number of ether oxygens (including phenoxy) is 2. The minimum absolute atomic E-state index is 0.0842. The maximum atomic E-state index is 12.9. The maximum Gasteiger partial charge on any atom is 0.232 e. The van der Waals surface area contributed by atoms with E-state index in [2.05, 4.69) is 9.97 Å². The minimum Gasteiger partial charge on any atom is -0.497 e. The third-order valence-electron chi connectivity index (χ3n) is 4.54. The van der Waals surface area contributed by atoms with Gasteiger partial charge in [-0.15, -0.1) is 0 Å². The van der Waals surface area contributed by atoms with E-state index in [1.165, 1.54) is 18.3 Å². The van der Waals surface area contributed by atoms with Gasteiger partial charge in [-0.2, -0.15) is 0 Å². The standard InChI is InChI=1S/C22H22ClN3O3/c1-26(20-12-17(24-14-25-20)9-15-7-5-4-6-8-15)21(27)11-16-10-18(28-2)13-19(29-3)22(16)23/h4-8,10,12-14H,9,11H2,1-3H3. The lowest BCUT2D eigenvalue weighted by Gasteiger charge is -2.18. The molecule has 0 radical (unpaired) electrons. The molecule has 2 aromatic carbocycles. The third kappa shape index (κ3) is 5.03. The Morgan fingerprint density at radius 1 is 1.07 bits per heavy atom. The number of carbonyl (C=O) groups is 1. The Labute approximate surface area is 175 Å². The Morgan fingerprint density at radius 2 is 1.83 bits per heavy atom. The van der Waals surface area contributed by atoms with Crippen molar-refractivity contribution in [3.8, 4) is 11.5 Å². The highest BCUT2D eigenvalue weighted by atomic mass is 35.5. The number of likely N-dealkylation sites (N-methyl/N-ethyl adjacent to an activating group) is 1. The largest absolute Gasteiger partial charge is 0.497 e. The van der Waals surface area contributed by atoms with Crippen molar-refractivity contribution in [2.75, 3.05) is 26.2 Å². The number of methoxy groups -OCH3 is 2. The summed E-state index contributed by atoms with van der Waals surface area (Å²) in [6, 6.07) is 15.2. The van der Waals surface area contributed by atoms with E-state index < -0.39 is 0 Å². The van der Waals surface area contributed by atoms with Gasteiger partial charge < -0.3 is 9.47 Å². The number of nitrogens with zero attached hydrogens (tertiary/aromatic N) is 3. The van der Waals surface area contributed by atoms with Gasteiger partial charge in [-0.25, -0.2) is 9.97 Å². The molecule has 3 aromatic rings. The summed E-state index contributed by atoms with van der Waals surface area (Å²) in [7, 11) is 4.76. The zero-order valence-electron chi connectivity index (χ0n) is 16.6. The normalized spacial score (nSPS) is 10.5. The smallest absolute Gasteiger partial charge is 0.232 e. The summed E-state index contributed by atoms with van der Waals surface area (Å²) in [5.41, 5.74) is 2.60. The Kier molecular flexibility index (Phi) is 6.67. The fraction of sp³-hybridized carbons (Fsp3) is 0.227. The molecule has 1 amide bonds. The first-order chi connectivity index (χ1) is 14.0. The van der Waals surface area contributed by atoms with Crippen LogP contribution >= 0.6 is 11.6 Å². The number of hydrogen-bond acceptors (Lipinski definition) is 5. The van der Waals surface area contributed by atoms with E-state index >= 15 is 0 Å². The number of hydrogen-bond donors (Lipinski definition) is 0. The molecule has 0 bridgehead atoms. The molecule has 1 heterocycles. The molecule has 0 N–H and O–H groups in total. The van der Waals surface area contributed by atoms with Crippen LogP contribution in [-0.2, 0) is 17.6 Å². The van der Waals surface area contributed by atoms with Crippen LogP contribution in [0.5, 0.6) is 11.5 Å². The monoisotopic (exact) mass is 411 g/mol. The highest BCUT2D eigenvalue weighted by Gasteiger charge is 2.18. The van der Waals surface area contributed by atoms with Crippen molar-refractivity contribution in [3.63, 3.8) is 0 Å². The molecule has 6 nitrogen and oxygen atoms in total. The van der Waals surface area contributed by atoms with E-state index in [1.807, 2.05) is 36.4 Å². The quantitative estimate of drug-likeness (QED) is 0.589. The number of rotatable bonds is 7. The van der Waals surface area contributed by atoms with Crippen molar-refractivity contribution < 1.29 is 14.3 Å². The molecule has 0 spiro atoms. The zero-order chi connectivity index (χ0) is 20.8. The molecule has 7 heteroatoms. The molecule has 3 rings (SSSR count). The number of carbonyl (C=O) groups excluding carboxylic acids is 1. The SMILES string of the molecule is COc1cc(CC(=O)N(C)c2cc(Cc3ccccc3)ncn2)c(Cl)c(OC)c1. The van der Waals surface area contributed by atoms with E-state index in [4.69, 9.17) is 21.1 Å². The van der Waals surface area contributed by atoms with Crippen LogP contribution < -0.4 is 14.4 Å². The summed E-state index contributed by atoms with van der Waals surface area (Å²) in [5, 5.41) is 0.391. The maximum absolute atomic E-state index is 12.9. The lowest BCUT2D eigenvalue weighted by Crippen LogP contribution is -2.29. The van der Waals surface area contributed by atoms with Gasteiger partial charge in [0.05, 0.1) is 31.4 Å². The topological polar surface area (TPSA) is 64.5 Å². The molecule has 150 valence electrons. The fourth-order valence-corrected chi connectivity index (χ4v) is 3.16. The van der Waals surface area contributed by atoms with Crippen molar-refractivity contribution in [2.45, 2.75) is 12.8 Å². The fourth-order valence-electron chi connectivity index (χ4n) is 2.90. The molecule has 29 heavy (non-hydrogen) atoms. The van der Waals surface area contributed by atoms with Crippen LogP contribution in [-0.4, -0.2) is 37.1 Å². The van der Waals surface area contributed by atoms with Gasteiger partial charge in [0.25, 0.3) is 0 Å². The van der Waals surface area contributed by atoms with Gasteiger partial charge in [0.1, 0.15) is 23.6 Å². The van der Waals surface area contributed by atoms with Crippen LogP contribution in [0.3, 0.4) is 0 Å². The van der Waals surface area contributed by atoms with Gasteiger partial charge in [-0.1, -0.05) is 41.9 Å². The molecule has 0 atom stereocenters. The van der Waals surface area contributed by atoms with E-state index in [9.17, 15) is 4.79 Å². The molecule has 0 aliphatic carbocycles. The predicted molar refractivity (Wildman–Crippen MR) is 113 cm³/mol. The first-order valence-electron chi connectivity index (χ1n) is 9.03. The minimum atomic E-state index is -0.161. The molecule has 0 unspecified atom stereocenters. The Bertz CT molecular complexity index is 996. The second-order valence-electron chi connectivity index (χ2n) is 6.46. The summed E-state index contributed by atoms with van der Waals surface area (Å²) >= 11 is 6.37. The van der Waals surface area contributed by atoms with E-state index in [0.29, 0.717) is 34.3 Å². The molecular weight excluding hydrogens is 390 g/mol. The average Bonchev–Trinajstić information content (AvgIpc) is 2.75. The summed E-state index contributed by atoms with van der Waals surface area (Å²) in [4.78, 5) is 22.9. The number of amides is 1. The van der Waals surface area contributed by atoms with E-state index in [1.54, 1.807) is 26.3 Å². The van der Waals surface area contributed by atoms with Crippen molar-refractivity contribution >= 4 is 23.3 Å². The van der Waals surface area contributed by atoms with Crippen LogP contribution in [0.2, 0.25) is 5.02 Å². The van der Waals surface area contributed by atoms with Gasteiger partial charge in [-0.05, 0) is 17.2 Å². The van der Waals surface area contributed by atoms with Crippen LogP contribution in [0, 0.1) is 0 Å². The predicted octanol–water partition coefficient (Wildman–Crippen LogP) is 3.94. The second-order valence-corrected chi connectivity index (χ2v) is 6.84. The van der Waals surface area contributed by atoms with Crippen molar-refractivity contribution in [1.82, 2.24) is 9.97 Å². The van der Waals surface area contributed by atoms with Crippen molar-refractivity contribution in [1.29, 1.82) is 0 Å². The average molecular weight is 412 g/mol. The molecule has 0 aliphatic heterocycles. The Morgan fingerprint density at radius 3 is 2.52 bits per heavy atom. The van der Waals surface area contributed by atoms with Crippen LogP contribution in [0.15, 0.2) is 54.9 Å². The zero-order valence-corrected chi connectivity index (χ0v) is 17.3. The first-order valence-corrected chi connectivity index (χ1v) is 9.41. The van der Waals surface area contributed by atoms with E-state index in [0.717, 1.165) is 11.3 Å².